The van der Waals surface area contributed by atoms with Crippen LogP contribution in [0.3, 0.4) is 0 Å². The maximum Gasteiger partial charge on any atom is 0.416 e. The minimum Gasteiger partial charge on any atom is -0.320 e. The van der Waals surface area contributed by atoms with Crippen LogP contribution in [0, 0.1) is 17.0 Å². The predicted molar refractivity (Wildman–Crippen MR) is 101 cm³/mol. The molecule has 0 aliphatic carbocycles. The average Bonchev–Trinajstić information content (AvgIpc) is 2.67. The molecule has 11 heteroatoms. The number of para-hydroxylation sites is 2. The lowest BCUT2D eigenvalue weighted by Gasteiger charge is -2.12. The maximum atomic E-state index is 12.8. The lowest BCUT2D eigenvalue weighted by atomic mass is 10.2. The highest BCUT2D eigenvalue weighted by atomic mass is 19.4. The van der Waals surface area contributed by atoms with Crippen molar-refractivity contribution in [2.45, 2.75) is 13.1 Å². The molecular weight excluding hydrogens is 405 g/mol. The summed E-state index contributed by atoms with van der Waals surface area (Å²) in [6.07, 6.45) is -4.61. The van der Waals surface area contributed by atoms with Crippen molar-refractivity contribution < 1.29 is 22.9 Å². The molecule has 0 fully saturated rings. The fraction of sp³-hybridized carbons (Fsp3) is 0.105. The van der Waals surface area contributed by atoms with E-state index in [0.29, 0.717) is 6.07 Å². The Morgan fingerprint density at radius 1 is 1.13 bits per heavy atom. The first-order valence-electron chi connectivity index (χ1n) is 8.41. The number of halogens is 3. The van der Waals surface area contributed by atoms with Crippen molar-refractivity contribution >= 4 is 17.3 Å². The predicted octanol–water partition coefficient (Wildman–Crippen LogP) is 3.72. The van der Waals surface area contributed by atoms with Crippen molar-refractivity contribution in [2.75, 3.05) is 5.32 Å². The van der Waals surface area contributed by atoms with E-state index in [-0.39, 0.29) is 22.8 Å². The molecule has 0 saturated carbocycles. The molecule has 0 radical (unpaired) electrons. The number of hydrogen-bond donors (Lipinski definition) is 1. The van der Waals surface area contributed by atoms with Gasteiger partial charge in [0.25, 0.3) is 11.6 Å². The van der Waals surface area contributed by atoms with E-state index >= 15 is 0 Å². The zero-order valence-electron chi connectivity index (χ0n) is 15.3. The van der Waals surface area contributed by atoms with E-state index in [9.17, 15) is 32.9 Å². The largest absolute Gasteiger partial charge is 0.416 e. The topological polar surface area (TPSA) is 107 Å². The third kappa shape index (κ3) is 4.19. The van der Waals surface area contributed by atoms with Gasteiger partial charge in [0, 0.05) is 23.5 Å². The van der Waals surface area contributed by atoms with Gasteiger partial charge in [-0.2, -0.15) is 18.3 Å². The number of alkyl halides is 3. The van der Waals surface area contributed by atoms with Gasteiger partial charge in [0.15, 0.2) is 5.69 Å². The number of benzene rings is 2. The summed E-state index contributed by atoms with van der Waals surface area (Å²) in [6, 6.07) is 10.5. The number of hydrogen-bond acceptors (Lipinski definition) is 5. The van der Waals surface area contributed by atoms with Gasteiger partial charge >= 0.3 is 6.18 Å². The van der Waals surface area contributed by atoms with Crippen LogP contribution in [0.5, 0.6) is 0 Å². The molecule has 3 aromatic rings. The molecule has 1 heterocycles. The standard InChI is InChI=1S/C19H13F3N4O4/c1-11-9-16(27)17(24-25(11)14-7-2-3-8-15(14)26(29)30)18(28)23-13-6-4-5-12(10-13)19(20,21)22/h2-10H,1H3,(H,23,28). The van der Waals surface area contributed by atoms with E-state index in [1.54, 1.807) is 0 Å². The van der Waals surface area contributed by atoms with Gasteiger partial charge in [-0.1, -0.05) is 18.2 Å². The molecule has 0 aliphatic heterocycles. The van der Waals surface area contributed by atoms with Crippen LogP contribution >= 0.6 is 0 Å². The smallest absolute Gasteiger partial charge is 0.320 e. The first-order chi connectivity index (χ1) is 14.1. The second-order valence-electron chi connectivity index (χ2n) is 6.19. The zero-order chi connectivity index (χ0) is 22.1. The van der Waals surface area contributed by atoms with Crippen molar-refractivity contribution in [1.29, 1.82) is 0 Å². The summed E-state index contributed by atoms with van der Waals surface area (Å²) in [5, 5.41) is 17.4. The molecule has 30 heavy (non-hydrogen) atoms. The Labute approximate surface area is 166 Å². The van der Waals surface area contributed by atoms with Gasteiger partial charge in [-0.05, 0) is 31.2 Å². The Balaban J connectivity index is 2.02. The van der Waals surface area contributed by atoms with Gasteiger partial charge in [-0.3, -0.25) is 19.7 Å². The van der Waals surface area contributed by atoms with Crippen LogP contribution in [0.2, 0.25) is 0 Å². The second-order valence-corrected chi connectivity index (χ2v) is 6.19. The molecule has 0 saturated heterocycles. The minimum absolute atomic E-state index is 0.0214. The Kier molecular flexibility index (Phi) is 5.37. The molecule has 1 N–H and O–H groups in total. The zero-order valence-corrected chi connectivity index (χ0v) is 15.3. The molecule has 0 unspecified atom stereocenters. The molecule has 2 aromatic carbocycles. The molecule has 0 atom stereocenters. The number of carbonyl (C=O) groups excluding carboxylic acids is 1. The van der Waals surface area contributed by atoms with Crippen LogP contribution in [0.25, 0.3) is 5.69 Å². The number of nitro groups is 1. The van der Waals surface area contributed by atoms with Gasteiger partial charge < -0.3 is 5.32 Å². The summed E-state index contributed by atoms with van der Waals surface area (Å²) in [6.45, 7) is 1.47. The van der Waals surface area contributed by atoms with Crippen LogP contribution in [-0.2, 0) is 6.18 Å². The number of rotatable bonds is 4. The van der Waals surface area contributed by atoms with Gasteiger partial charge in [0.2, 0.25) is 5.43 Å². The summed E-state index contributed by atoms with van der Waals surface area (Å²) in [4.78, 5) is 35.4. The molecule has 1 amide bonds. The molecule has 1 aromatic heterocycles. The van der Waals surface area contributed by atoms with Crippen LogP contribution in [0.1, 0.15) is 21.7 Å². The SMILES string of the molecule is Cc1cc(=O)c(C(=O)Nc2cccc(C(F)(F)F)c2)nn1-c1ccccc1[N+](=O)[O-]. The van der Waals surface area contributed by atoms with E-state index in [2.05, 4.69) is 10.4 Å². The fourth-order valence-electron chi connectivity index (χ4n) is 2.71. The first kappa shape index (κ1) is 20.7. The number of amides is 1. The highest BCUT2D eigenvalue weighted by molar-refractivity contribution is 6.02. The minimum atomic E-state index is -4.61. The van der Waals surface area contributed by atoms with E-state index in [0.717, 1.165) is 22.9 Å². The lowest BCUT2D eigenvalue weighted by Crippen LogP contribution is -2.27. The van der Waals surface area contributed by atoms with Crippen LogP contribution < -0.4 is 10.7 Å². The first-order valence-corrected chi connectivity index (χ1v) is 8.41. The van der Waals surface area contributed by atoms with E-state index in [4.69, 9.17) is 0 Å². The van der Waals surface area contributed by atoms with Crippen molar-refractivity contribution in [3.05, 3.63) is 91.9 Å². The molecular formula is C19H13F3N4O4. The lowest BCUT2D eigenvalue weighted by molar-refractivity contribution is -0.384. The summed E-state index contributed by atoms with van der Waals surface area (Å²) < 4.78 is 39.6. The Hall–Kier alpha value is -4.02. The number of nitrogens with zero attached hydrogens (tertiary/aromatic N) is 3. The summed E-state index contributed by atoms with van der Waals surface area (Å²) in [5.41, 5.74) is -2.63. The molecule has 154 valence electrons. The highest BCUT2D eigenvalue weighted by Crippen LogP contribution is 2.30. The van der Waals surface area contributed by atoms with E-state index in [1.807, 2.05) is 0 Å². The summed E-state index contributed by atoms with van der Waals surface area (Å²) in [5.74, 6) is -1.05. The summed E-state index contributed by atoms with van der Waals surface area (Å²) >= 11 is 0. The van der Waals surface area contributed by atoms with Crippen LogP contribution in [-0.4, -0.2) is 20.6 Å². The maximum absolute atomic E-state index is 12.8. The Morgan fingerprint density at radius 2 is 1.83 bits per heavy atom. The van der Waals surface area contributed by atoms with E-state index in [1.165, 1.54) is 37.3 Å². The molecule has 3 rings (SSSR count). The van der Waals surface area contributed by atoms with Gasteiger partial charge in [-0.15, -0.1) is 0 Å². The van der Waals surface area contributed by atoms with Gasteiger partial charge in [0.1, 0.15) is 5.69 Å². The molecule has 0 aliphatic rings. The third-order valence-electron chi connectivity index (χ3n) is 4.08. The molecule has 8 nitrogen and oxygen atoms in total. The number of nitro benzene ring substituents is 1. The average molecular weight is 418 g/mol. The monoisotopic (exact) mass is 418 g/mol. The Morgan fingerprint density at radius 3 is 2.50 bits per heavy atom. The van der Waals surface area contributed by atoms with Crippen molar-refractivity contribution in [3.8, 4) is 5.69 Å². The normalized spacial score (nSPS) is 11.2. The number of aromatic nitrogens is 2. The van der Waals surface area contributed by atoms with Crippen LogP contribution in [0.4, 0.5) is 24.5 Å². The quantitative estimate of drug-likeness (QED) is 0.513. The number of carbonyl (C=O) groups is 1. The van der Waals surface area contributed by atoms with Gasteiger partial charge in [-0.25, -0.2) is 4.68 Å². The van der Waals surface area contributed by atoms with Gasteiger partial charge in [0.05, 0.1) is 10.5 Å². The third-order valence-corrected chi connectivity index (χ3v) is 4.08. The number of aryl methyl sites for hydroxylation is 1. The summed E-state index contributed by atoms with van der Waals surface area (Å²) in [7, 11) is 0. The number of anilines is 1. The second kappa shape index (κ2) is 7.78. The molecule has 0 bridgehead atoms. The van der Waals surface area contributed by atoms with Crippen molar-refractivity contribution in [2.24, 2.45) is 0 Å². The fourth-order valence-corrected chi connectivity index (χ4v) is 2.71. The Bertz CT molecular complexity index is 1200. The molecule has 0 spiro atoms. The van der Waals surface area contributed by atoms with E-state index < -0.39 is 33.7 Å². The van der Waals surface area contributed by atoms with Crippen LogP contribution in [0.15, 0.2) is 59.4 Å². The van der Waals surface area contributed by atoms with Crippen molar-refractivity contribution in [1.82, 2.24) is 9.78 Å². The number of nitrogens with one attached hydrogen (secondary N) is 1. The van der Waals surface area contributed by atoms with Crippen molar-refractivity contribution in [3.63, 3.8) is 0 Å². The highest BCUT2D eigenvalue weighted by Gasteiger charge is 2.30.